The molecule has 0 spiro atoms. The van der Waals surface area contributed by atoms with Gasteiger partial charge in [-0.25, -0.2) is 0 Å². The molecule has 0 aliphatic carbocycles. The highest BCUT2D eigenvalue weighted by molar-refractivity contribution is 7.45. The molecule has 0 aliphatic heterocycles. The van der Waals surface area contributed by atoms with Crippen molar-refractivity contribution in [2.24, 2.45) is 0 Å². The number of esters is 2. The summed E-state index contributed by atoms with van der Waals surface area (Å²) in [5, 5.41) is 0. The van der Waals surface area contributed by atoms with E-state index in [0.717, 1.165) is 51.4 Å². The van der Waals surface area contributed by atoms with Gasteiger partial charge in [0.05, 0.1) is 27.7 Å². The summed E-state index contributed by atoms with van der Waals surface area (Å²) < 4.78 is 33.8. The minimum Gasteiger partial charge on any atom is -0.756 e. The fourth-order valence-electron chi connectivity index (χ4n) is 5.63. The quantitative estimate of drug-likeness (QED) is 0.0198. The predicted molar refractivity (Wildman–Crippen MR) is 231 cm³/mol. The summed E-state index contributed by atoms with van der Waals surface area (Å²) in [6.07, 6.45) is 45.4. The van der Waals surface area contributed by atoms with Crippen LogP contribution in [0.3, 0.4) is 0 Å². The lowest BCUT2D eigenvalue weighted by Gasteiger charge is -2.28. The van der Waals surface area contributed by atoms with Crippen LogP contribution in [0.5, 0.6) is 0 Å². The number of quaternary nitrogens is 1. The lowest BCUT2D eigenvalue weighted by molar-refractivity contribution is -0.870. The van der Waals surface area contributed by atoms with Gasteiger partial charge in [0.15, 0.2) is 6.10 Å². The Morgan fingerprint density at radius 1 is 0.571 bits per heavy atom. The molecule has 0 radical (unpaired) electrons. The van der Waals surface area contributed by atoms with Gasteiger partial charge in [0, 0.05) is 12.8 Å². The van der Waals surface area contributed by atoms with E-state index in [1.165, 1.54) is 77.0 Å². The third-order valence-corrected chi connectivity index (χ3v) is 10.0. The van der Waals surface area contributed by atoms with Gasteiger partial charge in [-0.15, -0.1) is 0 Å². The highest BCUT2D eigenvalue weighted by Crippen LogP contribution is 2.38. The van der Waals surface area contributed by atoms with Crippen LogP contribution < -0.4 is 4.89 Å². The number of likely N-dealkylation sites (N-methyl/N-ethyl adjacent to an activating group) is 1. The number of carbonyl (C=O) groups is 2. The number of phosphoric ester groups is 1. The normalized spacial score (nSPS) is 14.2. The number of carbonyl (C=O) groups excluding carboxylic acids is 2. The van der Waals surface area contributed by atoms with E-state index in [9.17, 15) is 19.0 Å². The molecule has 0 aromatic heterocycles. The number of unbranched alkanes of at least 4 members (excludes halogenated alkanes) is 15. The van der Waals surface area contributed by atoms with Crippen molar-refractivity contribution in [3.05, 3.63) is 60.8 Å². The predicted octanol–water partition coefficient (Wildman–Crippen LogP) is 11.8. The lowest BCUT2D eigenvalue weighted by Crippen LogP contribution is -2.37. The van der Waals surface area contributed by atoms with E-state index in [-0.39, 0.29) is 26.1 Å². The van der Waals surface area contributed by atoms with Crippen LogP contribution in [0.25, 0.3) is 0 Å². The second-order valence-electron chi connectivity index (χ2n) is 15.7. The average Bonchev–Trinajstić information content (AvgIpc) is 3.15. The molecule has 0 fully saturated rings. The zero-order chi connectivity index (χ0) is 41.4. The Balaban J connectivity index is 4.46. The molecule has 10 heteroatoms. The fourth-order valence-corrected chi connectivity index (χ4v) is 6.36. The Kier molecular flexibility index (Phi) is 36.7. The second kappa shape index (κ2) is 38.2. The van der Waals surface area contributed by atoms with Crippen molar-refractivity contribution in [1.29, 1.82) is 0 Å². The average molecular weight is 808 g/mol. The third-order valence-electron chi connectivity index (χ3n) is 9.05. The Labute approximate surface area is 343 Å². The van der Waals surface area contributed by atoms with Gasteiger partial charge >= 0.3 is 11.9 Å². The van der Waals surface area contributed by atoms with Crippen molar-refractivity contribution in [3.8, 4) is 0 Å². The monoisotopic (exact) mass is 808 g/mol. The first-order chi connectivity index (χ1) is 27.0. The minimum atomic E-state index is -4.64. The van der Waals surface area contributed by atoms with Crippen LogP contribution in [-0.4, -0.2) is 70.0 Å². The highest BCUT2D eigenvalue weighted by atomic mass is 31.2. The van der Waals surface area contributed by atoms with Gasteiger partial charge in [0.1, 0.15) is 19.8 Å². The number of phosphoric acid groups is 1. The SMILES string of the molecule is CC/C=C\C/C=C\C/C=C\C/C=C\C/C=C\CCCC(=O)OC(COC(=O)CCCCCCCCCCCCCCCCC)COP(=O)([O-])OCC[N+](C)(C)C. The van der Waals surface area contributed by atoms with Gasteiger partial charge in [-0.3, -0.25) is 14.2 Å². The molecule has 0 heterocycles. The summed E-state index contributed by atoms with van der Waals surface area (Å²) in [6.45, 7) is 4.04. The molecule has 0 aliphatic rings. The van der Waals surface area contributed by atoms with Crippen LogP contribution >= 0.6 is 7.82 Å². The molecule has 0 aromatic rings. The molecule has 56 heavy (non-hydrogen) atoms. The van der Waals surface area contributed by atoms with Gasteiger partial charge < -0.3 is 27.9 Å². The summed E-state index contributed by atoms with van der Waals surface area (Å²) in [6, 6.07) is 0. The maximum atomic E-state index is 12.6. The zero-order valence-corrected chi connectivity index (χ0v) is 37.2. The summed E-state index contributed by atoms with van der Waals surface area (Å²) in [7, 11) is 1.12. The van der Waals surface area contributed by atoms with Crippen LogP contribution in [0.15, 0.2) is 60.8 Å². The molecule has 0 N–H and O–H groups in total. The largest absolute Gasteiger partial charge is 0.756 e. The molecular formula is C46H82NO8P. The molecule has 0 saturated heterocycles. The number of rotatable bonds is 39. The van der Waals surface area contributed by atoms with Gasteiger partial charge in [0.25, 0.3) is 7.82 Å². The van der Waals surface area contributed by atoms with E-state index < -0.39 is 32.5 Å². The standard InChI is InChI=1S/C46H82NO8P/c1-6-8-10-12-14-16-18-20-22-23-25-27-29-31-33-35-37-39-46(49)55-44(43-54-56(50,51)53-41-40-47(3,4)5)42-52-45(48)38-36-34-32-30-28-26-24-21-19-17-15-13-11-9-7-2/h8,10,14,16,20,22,25,27,31,33,44H,6-7,9,11-13,15,17-19,21,23-24,26,28-30,32,34-43H2,1-5H3/b10-8-,16-14-,22-20-,27-25-,33-31-. The first kappa shape index (κ1) is 53.7. The van der Waals surface area contributed by atoms with Gasteiger partial charge in [-0.1, -0.05) is 164 Å². The first-order valence-corrected chi connectivity index (χ1v) is 23.5. The second-order valence-corrected chi connectivity index (χ2v) is 17.1. The summed E-state index contributed by atoms with van der Waals surface area (Å²) in [5.74, 6) is -0.903. The van der Waals surface area contributed by atoms with E-state index in [2.05, 4.69) is 68.5 Å². The Hall–Kier alpha value is -2.29. The van der Waals surface area contributed by atoms with E-state index in [1.54, 1.807) is 0 Å². The summed E-state index contributed by atoms with van der Waals surface area (Å²) >= 11 is 0. The maximum absolute atomic E-state index is 12.6. The molecule has 9 nitrogen and oxygen atoms in total. The van der Waals surface area contributed by atoms with Crippen LogP contribution in [0.1, 0.15) is 168 Å². The topological polar surface area (TPSA) is 111 Å². The highest BCUT2D eigenvalue weighted by Gasteiger charge is 2.21. The van der Waals surface area contributed by atoms with Crippen LogP contribution in [0.4, 0.5) is 0 Å². The van der Waals surface area contributed by atoms with Crippen LogP contribution in [0.2, 0.25) is 0 Å². The first-order valence-electron chi connectivity index (χ1n) is 22.0. The molecule has 2 atom stereocenters. The fraction of sp³-hybridized carbons (Fsp3) is 0.739. The number of allylic oxidation sites excluding steroid dienone is 10. The Morgan fingerprint density at radius 3 is 1.50 bits per heavy atom. The van der Waals surface area contributed by atoms with Crippen molar-refractivity contribution >= 4 is 19.8 Å². The summed E-state index contributed by atoms with van der Waals surface area (Å²) in [4.78, 5) is 37.5. The zero-order valence-electron chi connectivity index (χ0n) is 36.3. The van der Waals surface area contributed by atoms with Crippen molar-refractivity contribution in [1.82, 2.24) is 0 Å². The van der Waals surface area contributed by atoms with Gasteiger partial charge in [-0.2, -0.15) is 0 Å². The molecule has 0 rings (SSSR count). The number of ether oxygens (including phenoxy) is 2. The number of hydrogen-bond donors (Lipinski definition) is 0. The van der Waals surface area contributed by atoms with Crippen molar-refractivity contribution < 1.29 is 42.1 Å². The van der Waals surface area contributed by atoms with Crippen molar-refractivity contribution in [2.45, 2.75) is 174 Å². The lowest BCUT2D eigenvalue weighted by atomic mass is 10.0. The van der Waals surface area contributed by atoms with Crippen LogP contribution in [0, 0.1) is 0 Å². The maximum Gasteiger partial charge on any atom is 0.306 e. The molecular weight excluding hydrogens is 725 g/mol. The molecule has 2 unspecified atom stereocenters. The van der Waals surface area contributed by atoms with Gasteiger partial charge in [-0.05, 0) is 51.4 Å². The molecule has 324 valence electrons. The Bertz CT molecular complexity index is 1140. The molecule has 0 bridgehead atoms. The van der Waals surface area contributed by atoms with E-state index in [0.29, 0.717) is 23.9 Å². The Morgan fingerprint density at radius 2 is 1.02 bits per heavy atom. The minimum absolute atomic E-state index is 0.0429. The smallest absolute Gasteiger partial charge is 0.306 e. The van der Waals surface area contributed by atoms with Crippen molar-refractivity contribution in [3.63, 3.8) is 0 Å². The summed E-state index contributed by atoms with van der Waals surface area (Å²) in [5.41, 5.74) is 0. The van der Waals surface area contributed by atoms with Crippen LogP contribution in [-0.2, 0) is 32.7 Å². The van der Waals surface area contributed by atoms with E-state index in [1.807, 2.05) is 27.2 Å². The van der Waals surface area contributed by atoms with Crippen molar-refractivity contribution in [2.75, 3.05) is 47.5 Å². The number of nitrogens with zero attached hydrogens (tertiary/aromatic N) is 1. The van der Waals surface area contributed by atoms with E-state index in [4.69, 9.17) is 18.5 Å². The molecule has 0 amide bonds. The molecule has 0 aromatic carbocycles. The number of hydrogen-bond acceptors (Lipinski definition) is 8. The van der Waals surface area contributed by atoms with E-state index >= 15 is 0 Å². The van der Waals surface area contributed by atoms with Gasteiger partial charge in [0.2, 0.25) is 0 Å². The third kappa shape index (κ3) is 41.3. The molecule has 0 saturated carbocycles.